The van der Waals surface area contributed by atoms with Crippen LogP contribution in [0.1, 0.15) is 42.0 Å². The molecule has 8 heteroatoms. The summed E-state index contributed by atoms with van der Waals surface area (Å²) in [6, 6.07) is 0. The summed E-state index contributed by atoms with van der Waals surface area (Å²) >= 11 is 6.20. The molecule has 0 amide bonds. The molecule has 1 N–H and O–H groups in total. The van der Waals surface area contributed by atoms with Crippen LogP contribution in [0.3, 0.4) is 0 Å². The lowest BCUT2D eigenvalue weighted by molar-refractivity contribution is 0.238. The highest BCUT2D eigenvalue weighted by molar-refractivity contribution is 6.31. The largest absolute Gasteiger partial charge is 0.305 e. The van der Waals surface area contributed by atoms with Crippen LogP contribution in [0, 0.1) is 0 Å². The van der Waals surface area contributed by atoms with E-state index in [0.717, 1.165) is 61.4 Å². The minimum absolute atomic E-state index is 0.0508. The zero-order valence-electron chi connectivity index (χ0n) is 14.3. The smallest absolute Gasteiger partial charge is 0.255 e. The molecule has 4 heterocycles. The van der Waals surface area contributed by atoms with E-state index in [1.165, 1.54) is 0 Å². The molecule has 0 saturated heterocycles. The summed E-state index contributed by atoms with van der Waals surface area (Å²) < 4.78 is 1.71. The minimum atomic E-state index is -0.0508. The van der Waals surface area contributed by atoms with Crippen LogP contribution >= 0.6 is 11.6 Å². The number of rotatable bonds is 3. The molecule has 0 spiro atoms. The molecular formula is C17H21ClN6O. The van der Waals surface area contributed by atoms with Gasteiger partial charge in [0.15, 0.2) is 5.82 Å². The van der Waals surface area contributed by atoms with Crippen LogP contribution < -0.4 is 5.56 Å². The third-order valence-electron chi connectivity index (χ3n) is 4.77. The van der Waals surface area contributed by atoms with Gasteiger partial charge in [-0.1, -0.05) is 11.6 Å². The van der Waals surface area contributed by atoms with Gasteiger partial charge in [-0.2, -0.15) is 5.10 Å². The molecule has 2 aromatic rings. The molecule has 132 valence electrons. The van der Waals surface area contributed by atoms with Crippen molar-refractivity contribution in [1.82, 2.24) is 24.6 Å². The molecule has 25 heavy (non-hydrogen) atoms. The fraction of sp³-hybridized carbons (Fsp3) is 0.529. The summed E-state index contributed by atoms with van der Waals surface area (Å²) in [5, 5.41) is 5.04. The van der Waals surface area contributed by atoms with Gasteiger partial charge in [0.05, 0.1) is 27.7 Å². The highest BCUT2D eigenvalue weighted by Gasteiger charge is 2.23. The predicted octanol–water partition coefficient (Wildman–Crippen LogP) is 1.69. The lowest BCUT2D eigenvalue weighted by atomic mass is 10.1. The zero-order valence-corrected chi connectivity index (χ0v) is 15.0. The molecular weight excluding hydrogens is 340 g/mol. The first-order chi connectivity index (χ1) is 12.1. The summed E-state index contributed by atoms with van der Waals surface area (Å²) in [6.07, 6.45) is 5.66. The number of nitrogens with one attached hydrogen (secondary N) is 1. The predicted molar refractivity (Wildman–Crippen MR) is 96.1 cm³/mol. The summed E-state index contributed by atoms with van der Waals surface area (Å²) in [4.78, 5) is 26.9. The van der Waals surface area contributed by atoms with E-state index >= 15 is 0 Å². The Morgan fingerprint density at radius 3 is 2.92 bits per heavy atom. The Hall–Kier alpha value is -1.99. The molecule has 2 aliphatic rings. The third-order valence-corrected chi connectivity index (χ3v) is 5.09. The third kappa shape index (κ3) is 3.39. The standard InChI is InChI=1S/C17H21ClN6O/c1-23-9-12(18)15(22-23)10-24-7-5-13-11(8-24)17(25)21-16(20-13)14-4-2-3-6-19-14/h9H,2-8,10H2,1H3,(H,20,21,25). The van der Waals surface area contributed by atoms with Gasteiger partial charge in [-0.15, -0.1) is 0 Å². The monoisotopic (exact) mass is 360 g/mol. The molecule has 0 radical (unpaired) electrons. The Kier molecular flexibility index (Phi) is 4.43. The van der Waals surface area contributed by atoms with E-state index in [-0.39, 0.29) is 5.56 Å². The van der Waals surface area contributed by atoms with Crippen LogP contribution in [0.4, 0.5) is 0 Å². The van der Waals surface area contributed by atoms with Crippen molar-refractivity contribution in [3.8, 4) is 0 Å². The fourth-order valence-corrected chi connectivity index (χ4v) is 3.71. The summed E-state index contributed by atoms with van der Waals surface area (Å²) in [5.74, 6) is 0.657. The number of hydrogen-bond acceptors (Lipinski definition) is 5. The van der Waals surface area contributed by atoms with Gasteiger partial charge in [0.2, 0.25) is 0 Å². The van der Waals surface area contributed by atoms with Crippen molar-refractivity contribution in [3.05, 3.63) is 44.3 Å². The lowest BCUT2D eigenvalue weighted by Crippen LogP contribution is -2.36. The Morgan fingerprint density at radius 2 is 2.20 bits per heavy atom. The van der Waals surface area contributed by atoms with E-state index < -0.39 is 0 Å². The highest BCUT2D eigenvalue weighted by Crippen LogP contribution is 2.20. The van der Waals surface area contributed by atoms with E-state index in [2.05, 4.69) is 20.0 Å². The number of fused-ring (bicyclic) bond motifs is 1. The molecule has 0 aliphatic carbocycles. The van der Waals surface area contributed by atoms with Crippen LogP contribution in [0.5, 0.6) is 0 Å². The number of H-pyrrole nitrogens is 1. The van der Waals surface area contributed by atoms with Crippen LogP contribution in [0.2, 0.25) is 5.02 Å². The first kappa shape index (κ1) is 16.5. The van der Waals surface area contributed by atoms with Crippen molar-refractivity contribution in [3.63, 3.8) is 0 Å². The Labute approximate surface area is 150 Å². The van der Waals surface area contributed by atoms with Gasteiger partial charge in [0.25, 0.3) is 5.56 Å². The van der Waals surface area contributed by atoms with Crippen molar-refractivity contribution in [2.75, 3.05) is 13.1 Å². The Balaban J connectivity index is 1.56. The summed E-state index contributed by atoms with van der Waals surface area (Å²) in [5.41, 5.74) is 3.37. The van der Waals surface area contributed by atoms with E-state index in [0.29, 0.717) is 23.9 Å². The average molecular weight is 361 g/mol. The van der Waals surface area contributed by atoms with Crippen LogP contribution in [-0.4, -0.2) is 43.4 Å². The molecule has 0 unspecified atom stereocenters. The lowest BCUT2D eigenvalue weighted by Gasteiger charge is -2.27. The van der Waals surface area contributed by atoms with Gasteiger partial charge < -0.3 is 4.98 Å². The van der Waals surface area contributed by atoms with Crippen LogP contribution in [-0.2, 0) is 26.6 Å². The quantitative estimate of drug-likeness (QED) is 0.903. The number of nitrogens with zero attached hydrogens (tertiary/aromatic N) is 5. The first-order valence-corrected chi connectivity index (χ1v) is 9.04. The molecule has 7 nitrogen and oxygen atoms in total. The molecule has 0 bridgehead atoms. The molecule has 0 fully saturated rings. The van der Waals surface area contributed by atoms with E-state index in [9.17, 15) is 4.79 Å². The van der Waals surface area contributed by atoms with Crippen molar-refractivity contribution >= 4 is 17.3 Å². The van der Waals surface area contributed by atoms with Crippen LogP contribution in [0.15, 0.2) is 16.0 Å². The second-order valence-electron chi connectivity index (χ2n) is 6.68. The SMILES string of the molecule is Cn1cc(Cl)c(CN2CCc3nc(C4=NCCCC4)[nH]c(=O)c3C2)n1. The van der Waals surface area contributed by atoms with Crippen molar-refractivity contribution in [2.45, 2.75) is 38.8 Å². The first-order valence-electron chi connectivity index (χ1n) is 8.66. The van der Waals surface area contributed by atoms with Crippen molar-refractivity contribution in [1.29, 1.82) is 0 Å². The van der Waals surface area contributed by atoms with Crippen LogP contribution in [0.25, 0.3) is 0 Å². The van der Waals surface area contributed by atoms with E-state index in [4.69, 9.17) is 16.6 Å². The number of aromatic nitrogens is 4. The maximum atomic E-state index is 12.6. The second kappa shape index (κ2) is 6.72. The van der Waals surface area contributed by atoms with Crippen molar-refractivity contribution in [2.24, 2.45) is 12.0 Å². The van der Waals surface area contributed by atoms with Gasteiger partial charge in [0, 0.05) is 45.8 Å². The average Bonchev–Trinajstić information content (AvgIpc) is 2.93. The van der Waals surface area contributed by atoms with Gasteiger partial charge in [0.1, 0.15) is 0 Å². The number of aryl methyl sites for hydroxylation is 1. The molecule has 2 aliphatic heterocycles. The Morgan fingerprint density at radius 1 is 1.32 bits per heavy atom. The minimum Gasteiger partial charge on any atom is -0.305 e. The molecule has 0 atom stereocenters. The summed E-state index contributed by atoms with van der Waals surface area (Å²) in [6.45, 7) is 2.86. The molecule has 2 aromatic heterocycles. The summed E-state index contributed by atoms with van der Waals surface area (Å²) in [7, 11) is 1.85. The molecule has 4 rings (SSSR count). The van der Waals surface area contributed by atoms with Gasteiger partial charge >= 0.3 is 0 Å². The zero-order chi connectivity index (χ0) is 17.4. The van der Waals surface area contributed by atoms with E-state index in [1.54, 1.807) is 10.9 Å². The van der Waals surface area contributed by atoms with E-state index in [1.807, 2.05) is 7.05 Å². The topological polar surface area (TPSA) is 79.2 Å². The fourth-order valence-electron chi connectivity index (χ4n) is 3.47. The number of aromatic amines is 1. The van der Waals surface area contributed by atoms with Gasteiger partial charge in [-0.3, -0.25) is 19.4 Å². The number of hydrogen-bond donors (Lipinski definition) is 1. The molecule has 0 saturated carbocycles. The maximum absolute atomic E-state index is 12.6. The molecule has 0 aromatic carbocycles. The normalized spacial score (nSPS) is 18.1. The highest BCUT2D eigenvalue weighted by atomic mass is 35.5. The number of aliphatic imine (C=N–C) groups is 1. The van der Waals surface area contributed by atoms with Gasteiger partial charge in [-0.25, -0.2) is 4.98 Å². The van der Waals surface area contributed by atoms with Gasteiger partial charge in [-0.05, 0) is 19.3 Å². The second-order valence-corrected chi connectivity index (χ2v) is 7.09. The van der Waals surface area contributed by atoms with Crippen molar-refractivity contribution < 1.29 is 0 Å². The number of halogens is 1. The Bertz CT molecular complexity index is 884. The maximum Gasteiger partial charge on any atom is 0.255 e.